The van der Waals surface area contributed by atoms with E-state index in [1.807, 2.05) is 4.90 Å². The number of nitrogens with one attached hydrogen (secondary N) is 1. The molecule has 4 heteroatoms. The van der Waals surface area contributed by atoms with E-state index in [0.29, 0.717) is 0 Å². The standard InChI is InChI=1S/C31H35N3O/c1-22-26-21-25(31(2,3)4)15-16-27(26)32-28(22)30(35)34-19-17-33(18-20-34)29(23-11-7-5-8-12-23)24-13-9-6-10-14-24/h5-16,21,29,32H,17-20H2,1-4H3. The van der Waals surface area contributed by atoms with Crippen LogP contribution >= 0.6 is 0 Å². The van der Waals surface area contributed by atoms with E-state index in [9.17, 15) is 4.79 Å². The maximum atomic E-state index is 13.6. The maximum Gasteiger partial charge on any atom is 0.270 e. The highest BCUT2D eigenvalue weighted by molar-refractivity contribution is 6.01. The van der Waals surface area contributed by atoms with Crippen LogP contribution in [0.3, 0.4) is 0 Å². The lowest BCUT2D eigenvalue weighted by Gasteiger charge is -2.39. The van der Waals surface area contributed by atoms with Crippen molar-refractivity contribution in [3.8, 4) is 0 Å². The molecule has 0 unspecified atom stereocenters. The molecule has 1 saturated heterocycles. The van der Waals surface area contributed by atoms with E-state index in [1.54, 1.807) is 0 Å². The van der Waals surface area contributed by atoms with Gasteiger partial charge < -0.3 is 9.88 Å². The van der Waals surface area contributed by atoms with Gasteiger partial charge in [-0.05, 0) is 46.7 Å². The molecule has 1 aliphatic rings. The monoisotopic (exact) mass is 465 g/mol. The smallest absolute Gasteiger partial charge is 0.270 e. The number of amides is 1. The van der Waals surface area contributed by atoms with Gasteiger partial charge in [0.1, 0.15) is 5.69 Å². The van der Waals surface area contributed by atoms with Gasteiger partial charge in [-0.2, -0.15) is 0 Å². The molecule has 35 heavy (non-hydrogen) atoms. The predicted molar refractivity (Wildman–Crippen MR) is 144 cm³/mol. The highest BCUT2D eigenvalue weighted by atomic mass is 16.2. The van der Waals surface area contributed by atoms with Crippen molar-refractivity contribution in [2.24, 2.45) is 0 Å². The summed E-state index contributed by atoms with van der Waals surface area (Å²) < 4.78 is 0. The highest BCUT2D eigenvalue weighted by Crippen LogP contribution is 2.31. The second-order valence-electron chi connectivity index (χ2n) is 10.7. The first-order valence-corrected chi connectivity index (χ1v) is 12.6. The summed E-state index contributed by atoms with van der Waals surface area (Å²) in [5.41, 5.74) is 6.75. The lowest BCUT2D eigenvalue weighted by molar-refractivity contribution is 0.0592. The van der Waals surface area contributed by atoms with Gasteiger partial charge in [-0.25, -0.2) is 0 Å². The molecule has 0 aliphatic carbocycles. The number of aromatic amines is 1. The minimum atomic E-state index is 0.0758. The third-order valence-corrected chi connectivity index (χ3v) is 7.34. The minimum absolute atomic E-state index is 0.0758. The summed E-state index contributed by atoms with van der Waals surface area (Å²) in [5, 5.41) is 1.15. The highest BCUT2D eigenvalue weighted by Gasteiger charge is 2.30. The molecule has 0 radical (unpaired) electrons. The van der Waals surface area contributed by atoms with Crippen LogP contribution in [0.5, 0.6) is 0 Å². The maximum absolute atomic E-state index is 13.6. The molecule has 2 heterocycles. The van der Waals surface area contributed by atoms with Gasteiger partial charge >= 0.3 is 0 Å². The van der Waals surface area contributed by atoms with Gasteiger partial charge in [0, 0.05) is 37.1 Å². The van der Waals surface area contributed by atoms with E-state index >= 15 is 0 Å². The molecule has 1 fully saturated rings. The molecule has 0 spiro atoms. The average Bonchev–Trinajstić information content (AvgIpc) is 3.21. The topological polar surface area (TPSA) is 39.3 Å². The quantitative estimate of drug-likeness (QED) is 0.383. The number of fused-ring (bicyclic) bond motifs is 1. The lowest BCUT2D eigenvalue weighted by Crippen LogP contribution is -2.50. The van der Waals surface area contributed by atoms with Crippen molar-refractivity contribution in [1.29, 1.82) is 0 Å². The Morgan fingerprint density at radius 2 is 1.40 bits per heavy atom. The summed E-state index contributed by atoms with van der Waals surface area (Å²) in [6.45, 7) is 11.9. The molecule has 4 nitrogen and oxygen atoms in total. The molecule has 0 atom stereocenters. The fraction of sp³-hybridized carbons (Fsp3) is 0.323. The van der Waals surface area contributed by atoms with Crippen molar-refractivity contribution in [3.05, 3.63) is 107 Å². The summed E-state index contributed by atoms with van der Waals surface area (Å²) in [5.74, 6) is 0.103. The number of piperazine rings is 1. The van der Waals surface area contributed by atoms with Crippen molar-refractivity contribution in [2.75, 3.05) is 26.2 Å². The molecular formula is C31H35N3O. The number of hydrogen-bond acceptors (Lipinski definition) is 2. The van der Waals surface area contributed by atoms with Gasteiger partial charge in [-0.1, -0.05) is 87.5 Å². The SMILES string of the molecule is Cc1c(C(=O)N2CCN(C(c3ccccc3)c3ccccc3)CC2)[nH]c2ccc(C(C)(C)C)cc12. The molecule has 1 amide bonds. The Hall–Kier alpha value is -3.37. The number of aromatic nitrogens is 1. The fourth-order valence-electron chi connectivity index (χ4n) is 5.23. The zero-order valence-corrected chi connectivity index (χ0v) is 21.2. The number of hydrogen-bond donors (Lipinski definition) is 1. The zero-order valence-electron chi connectivity index (χ0n) is 21.2. The molecule has 3 aromatic carbocycles. The van der Waals surface area contributed by atoms with E-state index in [2.05, 4.69) is 116 Å². The molecule has 1 aliphatic heterocycles. The van der Waals surface area contributed by atoms with Crippen LogP contribution in [0.25, 0.3) is 10.9 Å². The summed E-state index contributed by atoms with van der Waals surface area (Å²) in [4.78, 5) is 21.5. The number of aryl methyl sites for hydroxylation is 1. The largest absolute Gasteiger partial charge is 0.350 e. The molecule has 1 N–H and O–H groups in total. The Morgan fingerprint density at radius 1 is 0.829 bits per heavy atom. The lowest BCUT2D eigenvalue weighted by atomic mass is 9.86. The Bertz CT molecular complexity index is 1270. The number of carbonyl (C=O) groups is 1. The second-order valence-corrected chi connectivity index (χ2v) is 10.7. The van der Waals surface area contributed by atoms with E-state index < -0.39 is 0 Å². The van der Waals surface area contributed by atoms with Crippen molar-refractivity contribution in [3.63, 3.8) is 0 Å². The minimum Gasteiger partial charge on any atom is -0.350 e. The van der Waals surface area contributed by atoms with Gasteiger partial charge in [0.2, 0.25) is 0 Å². The van der Waals surface area contributed by atoms with Gasteiger partial charge in [0.15, 0.2) is 0 Å². The van der Waals surface area contributed by atoms with Crippen LogP contribution in [0, 0.1) is 6.92 Å². The van der Waals surface area contributed by atoms with Crippen molar-refractivity contribution in [1.82, 2.24) is 14.8 Å². The molecule has 5 rings (SSSR count). The van der Waals surface area contributed by atoms with Crippen molar-refractivity contribution >= 4 is 16.8 Å². The third kappa shape index (κ3) is 4.63. The van der Waals surface area contributed by atoms with Gasteiger partial charge in [-0.3, -0.25) is 9.69 Å². The number of benzene rings is 3. The van der Waals surface area contributed by atoms with Crippen LogP contribution < -0.4 is 0 Å². The molecule has 1 aromatic heterocycles. The van der Waals surface area contributed by atoms with Crippen LogP contribution in [0.2, 0.25) is 0 Å². The molecule has 180 valence electrons. The van der Waals surface area contributed by atoms with Gasteiger partial charge in [0.05, 0.1) is 6.04 Å². The Morgan fingerprint density at radius 3 is 1.94 bits per heavy atom. The first-order valence-electron chi connectivity index (χ1n) is 12.6. The first-order chi connectivity index (χ1) is 16.8. The normalized spacial score (nSPS) is 15.2. The number of nitrogens with zero attached hydrogens (tertiary/aromatic N) is 2. The molecule has 0 saturated carbocycles. The van der Waals surface area contributed by atoms with Crippen LogP contribution in [-0.2, 0) is 5.41 Å². The van der Waals surface area contributed by atoms with Gasteiger partial charge in [0.25, 0.3) is 5.91 Å². The van der Waals surface area contributed by atoms with Crippen molar-refractivity contribution < 1.29 is 4.79 Å². The number of H-pyrrole nitrogens is 1. The van der Waals surface area contributed by atoms with Crippen LogP contribution in [0.1, 0.15) is 59.6 Å². The van der Waals surface area contributed by atoms with E-state index in [1.165, 1.54) is 16.7 Å². The first kappa shape index (κ1) is 23.4. The van der Waals surface area contributed by atoms with E-state index in [4.69, 9.17) is 0 Å². The average molecular weight is 466 g/mol. The fourth-order valence-corrected chi connectivity index (χ4v) is 5.23. The number of carbonyl (C=O) groups excluding carboxylic acids is 1. The van der Waals surface area contributed by atoms with Crippen LogP contribution in [0.4, 0.5) is 0 Å². The second kappa shape index (κ2) is 9.35. The van der Waals surface area contributed by atoms with E-state index in [0.717, 1.165) is 48.3 Å². The Kier molecular flexibility index (Phi) is 6.24. The summed E-state index contributed by atoms with van der Waals surface area (Å²) in [6, 6.07) is 28.1. The Balaban J connectivity index is 1.36. The summed E-state index contributed by atoms with van der Waals surface area (Å²) in [7, 11) is 0. The van der Waals surface area contributed by atoms with E-state index in [-0.39, 0.29) is 17.4 Å². The third-order valence-electron chi connectivity index (χ3n) is 7.34. The van der Waals surface area contributed by atoms with Crippen LogP contribution in [-0.4, -0.2) is 46.9 Å². The predicted octanol–water partition coefficient (Wildman–Crippen LogP) is 6.32. The Labute approximate surface area is 208 Å². The zero-order chi connectivity index (χ0) is 24.6. The van der Waals surface area contributed by atoms with Crippen molar-refractivity contribution in [2.45, 2.75) is 39.2 Å². The molecule has 0 bridgehead atoms. The summed E-state index contributed by atoms with van der Waals surface area (Å²) in [6.07, 6.45) is 0. The molecule has 4 aromatic rings. The number of rotatable bonds is 4. The van der Waals surface area contributed by atoms with Crippen LogP contribution in [0.15, 0.2) is 78.9 Å². The molecular weight excluding hydrogens is 430 g/mol. The van der Waals surface area contributed by atoms with Gasteiger partial charge in [-0.15, -0.1) is 0 Å². The summed E-state index contributed by atoms with van der Waals surface area (Å²) >= 11 is 0.